The third kappa shape index (κ3) is 4.47. The Hall–Kier alpha value is -2.63. The molecule has 1 fully saturated rings. The van der Waals surface area contributed by atoms with Crippen LogP contribution in [0.2, 0.25) is 0 Å². The second-order valence-corrected chi connectivity index (χ2v) is 6.08. The van der Waals surface area contributed by atoms with Crippen LogP contribution < -0.4 is 20.3 Å². The number of para-hydroxylation sites is 2. The minimum atomic E-state index is 0.361. The Morgan fingerprint density at radius 1 is 1.32 bits per heavy atom. The number of methoxy groups -OCH3 is 1. The first kappa shape index (κ1) is 17.2. The summed E-state index contributed by atoms with van der Waals surface area (Å²) in [5.74, 6) is 2.73. The molecule has 1 aliphatic rings. The highest BCUT2D eigenvalue weighted by Gasteiger charge is 2.25. The molecule has 25 heavy (non-hydrogen) atoms. The van der Waals surface area contributed by atoms with E-state index in [0.29, 0.717) is 6.04 Å². The van der Waals surface area contributed by atoms with E-state index >= 15 is 0 Å². The molecule has 1 aromatic heterocycles. The highest BCUT2D eigenvalue weighted by atomic mass is 16.5. The SMILES string of the molecule is CN=C(NCCc1ccco1)NC1CCN(c2ccccc2OC)C1. The molecule has 1 atom stereocenters. The van der Waals surface area contributed by atoms with E-state index in [0.717, 1.165) is 55.6 Å². The second kappa shape index (κ2) is 8.46. The monoisotopic (exact) mass is 342 g/mol. The van der Waals surface area contributed by atoms with Gasteiger partial charge in [0.1, 0.15) is 11.5 Å². The van der Waals surface area contributed by atoms with Gasteiger partial charge in [-0.25, -0.2) is 0 Å². The third-order valence-corrected chi connectivity index (χ3v) is 4.42. The fourth-order valence-electron chi connectivity index (χ4n) is 3.13. The van der Waals surface area contributed by atoms with Gasteiger partial charge in [0, 0.05) is 39.1 Å². The largest absolute Gasteiger partial charge is 0.495 e. The predicted octanol–water partition coefficient (Wildman–Crippen LogP) is 2.27. The fourth-order valence-corrected chi connectivity index (χ4v) is 3.13. The molecule has 3 rings (SSSR count). The molecule has 1 aromatic carbocycles. The quantitative estimate of drug-likeness (QED) is 0.623. The first-order chi connectivity index (χ1) is 12.3. The highest BCUT2D eigenvalue weighted by Crippen LogP contribution is 2.30. The molecule has 2 heterocycles. The number of aliphatic imine (C=N–C) groups is 1. The summed E-state index contributed by atoms with van der Waals surface area (Å²) < 4.78 is 10.8. The summed E-state index contributed by atoms with van der Waals surface area (Å²) in [5, 5.41) is 6.86. The Labute approximate surface area is 148 Å². The topological polar surface area (TPSA) is 62.0 Å². The van der Waals surface area contributed by atoms with E-state index in [1.54, 1.807) is 20.4 Å². The van der Waals surface area contributed by atoms with E-state index in [4.69, 9.17) is 9.15 Å². The van der Waals surface area contributed by atoms with E-state index in [1.807, 2.05) is 30.3 Å². The standard InChI is InChI=1S/C19H26N4O2/c1-20-19(21-11-9-16-6-5-13-25-16)22-15-10-12-23(14-15)17-7-3-4-8-18(17)24-2/h3-8,13,15H,9-12,14H2,1-2H3,(H2,20,21,22). The first-order valence-electron chi connectivity index (χ1n) is 8.67. The number of guanidine groups is 1. The number of rotatable bonds is 6. The van der Waals surface area contributed by atoms with Crippen molar-refractivity contribution in [2.24, 2.45) is 4.99 Å². The number of anilines is 1. The average molecular weight is 342 g/mol. The van der Waals surface area contributed by atoms with Crippen molar-refractivity contribution in [3.8, 4) is 5.75 Å². The summed E-state index contributed by atoms with van der Waals surface area (Å²) in [5.41, 5.74) is 1.15. The van der Waals surface area contributed by atoms with Crippen molar-refractivity contribution in [1.29, 1.82) is 0 Å². The normalized spacial score (nSPS) is 17.6. The minimum absolute atomic E-state index is 0.361. The molecule has 0 saturated carbocycles. The zero-order chi connectivity index (χ0) is 17.5. The molecule has 2 aromatic rings. The van der Waals surface area contributed by atoms with Crippen LogP contribution in [0.5, 0.6) is 5.75 Å². The summed E-state index contributed by atoms with van der Waals surface area (Å²) in [6.45, 7) is 2.72. The highest BCUT2D eigenvalue weighted by molar-refractivity contribution is 5.80. The summed E-state index contributed by atoms with van der Waals surface area (Å²) in [7, 11) is 3.52. The van der Waals surface area contributed by atoms with Crippen LogP contribution in [0.25, 0.3) is 0 Å². The van der Waals surface area contributed by atoms with Gasteiger partial charge in [-0.1, -0.05) is 12.1 Å². The molecule has 6 heteroatoms. The van der Waals surface area contributed by atoms with Crippen molar-refractivity contribution in [3.63, 3.8) is 0 Å². The molecule has 2 N–H and O–H groups in total. The molecule has 1 aliphatic heterocycles. The average Bonchev–Trinajstić information content (AvgIpc) is 3.32. The van der Waals surface area contributed by atoms with Crippen LogP contribution in [0.4, 0.5) is 5.69 Å². The maximum atomic E-state index is 5.48. The van der Waals surface area contributed by atoms with E-state index in [9.17, 15) is 0 Å². The Kier molecular flexibility index (Phi) is 5.82. The van der Waals surface area contributed by atoms with Crippen molar-refractivity contribution < 1.29 is 9.15 Å². The van der Waals surface area contributed by atoms with Gasteiger partial charge in [0.05, 0.1) is 19.1 Å². The van der Waals surface area contributed by atoms with Crippen LogP contribution in [-0.4, -0.2) is 45.8 Å². The first-order valence-corrected chi connectivity index (χ1v) is 8.67. The number of nitrogens with one attached hydrogen (secondary N) is 2. The van der Waals surface area contributed by atoms with E-state index in [2.05, 4.69) is 26.6 Å². The molecule has 0 bridgehead atoms. The Morgan fingerprint density at radius 2 is 2.20 bits per heavy atom. The van der Waals surface area contributed by atoms with Gasteiger partial charge >= 0.3 is 0 Å². The van der Waals surface area contributed by atoms with Crippen LogP contribution in [-0.2, 0) is 6.42 Å². The molecule has 1 saturated heterocycles. The zero-order valence-electron chi connectivity index (χ0n) is 14.9. The zero-order valence-corrected chi connectivity index (χ0v) is 14.9. The molecule has 0 amide bonds. The minimum Gasteiger partial charge on any atom is -0.495 e. The van der Waals surface area contributed by atoms with Gasteiger partial charge in [-0.15, -0.1) is 0 Å². The van der Waals surface area contributed by atoms with Gasteiger partial charge < -0.3 is 24.7 Å². The number of ether oxygens (including phenoxy) is 1. The van der Waals surface area contributed by atoms with Crippen molar-refractivity contribution in [2.45, 2.75) is 18.9 Å². The summed E-state index contributed by atoms with van der Waals surface area (Å²) in [6, 6.07) is 12.4. The fraction of sp³-hybridized carbons (Fsp3) is 0.421. The van der Waals surface area contributed by atoms with Crippen molar-refractivity contribution >= 4 is 11.6 Å². The van der Waals surface area contributed by atoms with Crippen LogP contribution in [0.15, 0.2) is 52.1 Å². The Bertz CT molecular complexity index is 684. The number of benzene rings is 1. The number of hydrogen-bond acceptors (Lipinski definition) is 4. The molecule has 0 spiro atoms. The van der Waals surface area contributed by atoms with E-state index in [-0.39, 0.29) is 0 Å². The lowest BCUT2D eigenvalue weighted by molar-refractivity contribution is 0.415. The summed E-state index contributed by atoms with van der Waals surface area (Å²) >= 11 is 0. The summed E-state index contributed by atoms with van der Waals surface area (Å²) in [6.07, 6.45) is 3.61. The van der Waals surface area contributed by atoms with Gasteiger partial charge in [-0.3, -0.25) is 4.99 Å². The Balaban J connectivity index is 1.49. The van der Waals surface area contributed by atoms with Crippen molar-refractivity contribution in [3.05, 3.63) is 48.4 Å². The van der Waals surface area contributed by atoms with Crippen LogP contribution in [0, 0.1) is 0 Å². The van der Waals surface area contributed by atoms with Crippen LogP contribution in [0.3, 0.4) is 0 Å². The Morgan fingerprint density at radius 3 is 2.96 bits per heavy atom. The van der Waals surface area contributed by atoms with E-state index < -0.39 is 0 Å². The van der Waals surface area contributed by atoms with Gasteiger partial charge in [-0.05, 0) is 30.7 Å². The van der Waals surface area contributed by atoms with Crippen LogP contribution >= 0.6 is 0 Å². The van der Waals surface area contributed by atoms with Gasteiger partial charge in [0.25, 0.3) is 0 Å². The molecule has 134 valence electrons. The van der Waals surface area contributed by atoms with E-state index in [1.165, 1.54) is 0 Å². The second-order valence-electron chi connectivity index (χ2n) is 6.08. The number of hydrogen-bond donors (Lipinski definition) is 2. The van der Waals surface area contributed by atoms with Gasteiger partial charge in [-0.2, -0.15) is 0 Å². The van der Waals surface area contributed by atoms with Gasteiger partial charge in [0.15, 0.2) is 5.96 Å². The molecule has 6 nitrogen and oxygen atoms in total. The lowest BCUT2D eigenvalue weighted by Crippen LogP contribution is -2.45. The number of nitrogens with zero attached hydrogens (tertiary/aromatic N) is 2. The maximum Gasteiger partial charge on any atom is 0.191 e. The third-order valence-electron chi connectivity index (χ3n) is 4.42. The molecule has 1 unspecified atom stereocenters. The maximum absolute atomic E-state index is 5.48. The van der Waals surface area contributed by atoms with Crippen molar-refractivity contribution in [2.75, 3.05) is 38.7 Å². The van der Waals surface area contributed by atoms with Crippen molar-refractivity contribution in [1.82, 2.24) is 10.6 Å². The predicted molar refractivity (Wildman–Crippen MR) is 101 cm³/mol. The number of furan rings is 1. The molecule has 0 radical (unpaired) electrons. The lowest BCUT2D eigenvalue weighted by Gasteiger charge is -2.22. The lowest BCUT2D eigenvalue weighted by atomic mass is 10.2. The van der Waals surface area contributed by atoms with Crippen LogP contribution in [0.1, 0.15) is 12.2 Å². The summed E-state index contributed by atoms with van der Waals surface area (Å²) in [4.78, 5) is 6.68. The smallest absolute Gasteiger partial charge is 0.191 e. The molecular formula is C19H26N4O2. The molecule has 0 aliphatic carbocycles. The molecular weight excluding hydrogens is 316 g/mol. The van der Waals surface area contributed by atoms with Gasteiger partial charge in [0.2, 0.25) is 0 Å².